The molecular weight excluding hydrogens is 1150 g/mol. The van der Waals surface area contributed by atoms with Crippen molar-refractivity contribution in [1.29, 1.82) is 0 Å². The fraction of sp³-hybridized carbons (Fsp3) is 0. The maximum Gasteiger partial charge on any atom is 0.165 e. The van der Waals surface area contributed by atoms with Crippen molar-refractivity contribution in [2.45, 2.75) is 0 Å². The molecule has 438 valence electrons. The van der Waals surface area contributed by atoms with E-state index in [1.807, 2.05) is 200 Å². The first-order chi connectivity index (χ1) is 46.1. The minimum atomic E-state index is 0.628. The first-order valence-electron chi connectivity index (χ1n) is 30.3. The molecule has 18 rings (SSSR count). The molecule has 0 atom stereocenters. The van der Waals surface area contributed by atoms with Crippen LogP contribution >= 0.6 is 0 Å². The maximum atomic E-state index is 5.34. The fourth-order valence-corrected chi connectivity index (χ4v) is 12.1. The Hall–Kier alpha value is -13.2. The van der Waals surface area contributed by atoms with Gasteiger partial charge in [-0.05, 0) is 145 Å². The normalized spacial score (nSPS) is 11.4. The second kappa shape index (κ2) is 23.1. The number of benzene rings is 7. The van der Waals surface area contributed by atoms with Gasteiger partial charge in [0.2, 0.25) is 0 Å². The molecule has 0 fully saturated rings. The molecule has 0 radical (unpaired) electrons. The summed E-state index contributed by atoms with van der Waals surface area (Å²) < 4.78 is 10.4. The maximum absolute atomic E-state index is 5.34. The number of hydrogen-bond acceptors (Lipinski definition) is 11. The zero-order valence-corrected chi connectivity index (χ0v) is 49.5. The van der Waals surface area contributed by atoms with Gasteiger partial charge >= 0.3 is 0 Å². The van der Waals surface area contributed by atoms with Crippen LogP contribution in [0.5, 0.6) is 0 Å². The molecular formula is C77H50N16. The van der Waals surface area contributed by atoms with Crippen LogP contribution in [0.25, 0.3) is 153 Å². The van der Waals surface area contributed by atoms with Crippen LogP contribution in [-0.2, 0) is 0 Å². The van der Waals surface area contributed by atoms with Crippen LogP contribution < -0.4 is 0 Å². The molecule has 0 saturated heterocycles. The third kappa shape index (κ3) is 9.80. The van der Waals surface area contributed by atoms with Crippen molar-refractivity contribution in [2.75, 3.05) is 0 Å². The van der Waals surface area contributed by atoms with Crippen molar-refractivity contribution < 1.29 is 0 Å². The summed E-state index contributed by atoms with van der Waals surface area (Å²) in [6, 6.07) is 91.5. The van der Waals surface area contributed by atoms with E-state index < -0.39 is 0 Å². The molecule has 7 aromatic carbocycles. The number of aromatic nitrogens is 16. The largest absolute Gasteiger partial charge is 0.277 e. The van der Waals surface area contributed by atoms with Gasteiger partial charge in [-0.2, -0.15) is 0 Å². The van der Waals surface area contributed by atoms with Crippen LogP contribution in [0.3, 0.4) is 0 Å². The van der Waals surface area contributed by atoms with E-state index in [2.05, 4.69) is 118 Å². The summed E-state index contributed by atoms with van der Waals surface area (Å²) in [7, 11) is 0. The van der Waals surface area contributed by atoms with Gasteiger partial charge in [-0.25, -0.2) is 54.8 Å². The van der Waals surface area contributed by atoms with E-state index in [0.717, 1.165) is 124 Å². The Morgan fingerprint density at radius 1 is 0.183 bits per heavy atom. The van der Waals surface area contributed by atoms with Crippen molar-refractivity contribution in [3.05, 3.63) is 304 Å². The summed E-state index contributed by atoms with van der Waals surface area (Å²) >= 11 is 0. The predicted octanol–water partition coefficient (Wildman–Crippen LogP) is 16.4. The van der Waals surface area contributed by atoms with Gasteiger partial charge in [-0.3, -0.25) is 22.8 Å². The summed E-state index contributed by atoms with van der Waals surface area (Å²) in [5.74, 6) is 3.72. The van der Waals surface area contributed by atoms with E-state index in [-0.39, 0.29) is 0 Å². The lowest BCUT2D eigenvalue weighted by molar-refractivity contribution is 1.04. The quantitative estimate of drug-likeness (QED) is 0.121. The van der Waals surface area contributed by atoms with Gasteiger partial charge in [0.15, 0.2) is 39.9 Å². The van der Waals surface area contributed by atoms with Crippen molar-refractivity contribution in [3.63, 3.8) is 0 Å². The SMILES string of the molecule is c1ccc(-n2c(-c3cc(-c4nc5cccnc5n4-c4ccccc4)nc(-c4nc5cccnc5n4-c4ccccc4)c3)nc3cccnc32)cc1.c1ccc(-n2c(-c3ccc(-c4ccc(-c5nc6cccnc6n5-c5ccccc5)cc4)cc3)nc3cccnc32)cc1. The monoisotopic (exact) mass is 1200 g/mol. The van der Waals surface area contributed by atoms with E-state index in [0.29, 0.717) is 28.9 Å². The average molecular weight is 1200 g/mol. The molecule has 0 saturated carbocycles. The Labute approximate surface area is 531 Å². The van der Waals surface area contributed by atoms with Gasteiger partial charge in [-0.1, -0.05) is 140 Å². The predicted molar refractivity (Wildman–Crippen MR) is 365 cm³/mol. The second-order valence-corrected chi connectivity index (χ2v) is 22.0. The van der Waals surface area contributed by atoms with Crippen LogP contribution in [0.2, 0.25) is 0 Å². The molecule has 0 aliphatic carbocycles. The van der Waals surface area contributed by atoms with Crippen molar-refractivity contribution >= 4 is 55.8 Å². The number of fused-ring (bicyclic) bond motifs is 5. The molecule has 0 N–H and O–H groups in total. The highest BCUT2D eigenvalue weighted by Crippen LogP contribution is 2.38. The Morgan fingerprint density at radius 2 is 0.409 bits per heavy atom. The number of imidazole rings is 5. The van der Waals surface area contributed by atoms with E-state index in [9.17, 15) is 0 Å². The molecule has 0 unspecified atom stereocenters. The van der Waals surface area contributed by atoms with Gasteiger partial charge in [0.05, 0.1) is 0 Å². The van der Waals surface area contributed by atoms with E-state index >= 15 is 0 Å². The number of rotatable bonds is 11. The van der Waals surface area contributed by atoms with Gasteiger partial charge in [0.1, 0.15) is 56.4 Å². The molecule has 0 aliphatic rings. The number of para-hydroxylation sites is 5. The average Bonchev–Trinajstić information content (AvgIpc) is 1.67. The smallest absolute Gasteiger partial charge is 0.165 e. The third-order valence-corrected chi connectivity index (χ3v) is 16.3. The van der Waals surface area contributed by atoms with Crippen molar-refractivity contribution in [3.8, 4) is 96.8 Å². The highest BCUT2D eigenvalue weighted by molar-refractivity contribution is 5.87. The van der Waals surface area contributed by atoms with Crippen LogP contribution in [0, 0.1) is 0 Å². The Kier molecular flexibility index (Phi) is 13.4. The number of pyridine rings is 6. The lowest BCUT2D eigenvalue weighted by Gasteiger charge is -2.14. The Bertz CT molecular complexity index is 5240. The van der Waals surface area contributed by atoms with Gasteiger partial charge in [-0.15, -0.1) is 0 Å². The van der Waals surface area contributed by atoms with Gasteiger partial charge in [0.25, 0.3) is 0 Å². The summed E-state index contributed by atoms with van der Waals surface area (Å²) in [4.78, 5) is 54.2. The van der Waals surface area contributed by atoms with Crippen molar-refractivity contribution in [2.24, 2.45) is 0 Å². The van der Waals surface area contributed by atoms with Crippen LogP contribution in [0.15, 0.2) is 304 Å². The first-order valence-corrected chi connectivity index (χ1v) is 30.3. The highest BCUT2D eigenvalue weighted by atomic mass is 15.2. The van der Waals surface area contributed by atoms with Crippen LogP contribution in [0.1, 0.15) is 0 Å². The van der Waals surface area contributed by atoms with E-state index in [4.69, 9.17) is 44.9 Å². The zero-order chi connectivity index (χ0) is 61.6. The first kappa shape index (κ1) is 54.0. The molecule has 93 heavy (non-hydrogen) atoms. The molecule has 11 aromatic heterocycles. The Morgan fingerprint density at radius 3 is 0.677 bits per heavy atom. The Balaban J connectivity index is 0.000000145. The lowest BCUT2D eigenvalue weighted by atomic mass is 10.0. The zero-order valence-electron chi connectivity index (χ0n) is 49.5. The van der Waals surface area contributed by atoms with Gasteiger partial charge in [0, 0.05) is 76.1 Å². The minimum Gasteiger partial charge on any atom is -0.277 e. The van der Waals surface area contributed by atoms with Gasteiger partial charge < -0.3 is 0 Å². The topological polar surface area (TPSA) is 166 Å². The molecule has 11 heterocycles. The molecule has 16 heteroatoms. The van der Waals surface area contributed by atoms with Crippen LogP contribution in [0.4, 0.5) is 0 Å². The molecule has 0 amide bonds. The molecule has 0 spiro atoms. The summed E-state index contributed by atoms with van der Waals surface area (Å²) in [6.45, 7) is 0. The highest BCUT2D eigenvalue weighted by Gasteiger charge is 2.25. The molecule has 0 aliphatic heterocycles. The molecule has 16 nitrogen and oxygen atoms in total. The van der Waals surface area contributed by atoms with Crippen LogP contribution in [-0.4, -0.2) is 77.7 Å². The number of nitrogens with zero attached hydrogens (tertiary/aromatic N) is 16. The summed E-state index contributed by atoms with van der Waals surface area (Å²) in [5.41, 5.74) is 19.2. The second-order valence-electron chi connectivity index (χ2n) is 22.0. The standard InChI is InChI=1S/C41H26N10.C36H24N6/c1-4-13-28(14-5-1)49-36(46-31-19-10-22-42-37(31)49)27-25-34(40-47-32-20-11-23-43-38(32)50(40)29-15-6-2-7-16-29)45-35(26-27)41-48-33-21-12-24-44-39(33)51(41)30-17-8-3-9-18-30;1-3-9-29(10-4-1)41-33(39-31-13-7-23-37-35(31)41)27-19-15-25(16-20-27)26-17-21-28(22-18-26)34-40-32-14-8-24-38-36(32)42(34)30-11-5-2-6-12-30/h1-26H;1-24H. The van der Waals surface area contributed by atoms with Crippen molar-refractivity contribution in [1.82, 2.24) is 77.7 Å². The molecule has 0 bridgehead atoms. The van der Waals surface area contributed by atoms with E-state index in [1.165, 1.54) is 0 Å². The fourth-order valence-electron chi connectivity index (χ4n) is 12.1. The summed E-state index contributed by atoms with van der Waals surface area (Å²) in [6.07, 6.45) is 8.98. The lowest BCUT2D eigenvalue weighted by Crippen LogP contribution is -2.04. The third-order valence-electron chi connectivity index (χ3n) is 16.3. The summed E-state index contributed by atoms with van der Waals surface area (Å²) in [5, 5.41) is 0. The van der Waals surface area contributed by atoms with E-state index in [1.54, 1.807) is 18.6 Å². The minimum absolute atomic E-state index is 0.628. The number of hydrogen-bond donors (Lipinski definition) is 0. The molecule has 18 aromatic rings.